The number of hydrogen-bond donors (Lipinski definition) is 1. The molecule has 2 aromatic rings. The smallest absolute Gasteiger partial charge is 0.185 e. The van der Waals surface area contributed by atoms with Crippen molar-refractivity contribution in [3.63, 3.8) is 0 Å². The van der Waals surface area contributed by atoms with Crippen molar-refractivity contribution in [2.45, 2.75) is 6.54 Å². The second-order valence-electron chi connectivity index (χ2n) is 6.15. The lowest BCUT2D eigenvalue weighted by molar-refractivity contribution is 0.104. The van der Waals surface area contributed by atoms with E-state index >= 15 is 0 Å². The van der Waals surface area contributed by atoms with Gasteiger partial charge >= 0.3 is 0 Å². The number of rotatable bonds is 9. The predicted octanol–water partition coefficient (Wildman–Crippen LogP) is 3.24. The molecule has 2 rings (SSSR count). The first-order valence-corrected chi connectivity index (χ1v) is 8.39. The number of likely N-dealkylation sites (N-methyl/N-ethyl adjacent to an activating group) is 1. The molecule has 0 radical (unpaired) electrons. The van der Waals surface area contributed by atoms with Gasteiger partial charge in [-0.3, -0.25) is 4.79 Å². The number of nitrogens with zero attached hydrogens (tertiary/aromatic N) is 1. The number of ketones is 1. The van der Waals surface area contributed by atoms with Crippen molar-refractivity contribution in [3.8, 4) is 5.75 Å². The van der Waals surface area contributed by atoms with Crippen LogP contribution in [0.4, 0.5) is 0 Å². The molecule has 4 nitrogen and oxygen atoms in total. The first-order valence-electron chi connectivity index (χ1n) is 8.39. The second kappa shape index (κ2) is 9.77. The summed E-state index contributed by atoms with van der Waals surface area (Å²) in [6, 6.07) is 15.4. The zero-order valence-corrected chi connectivity index (χ0v) is 15.2. The molecule has 0 spiro atoms. The summed E-state index contributed by atoms with van der Waals surface area (Å²) in [6.45, 7) is 2.67. The molecule has 0 atom stereocenters. The lowest BCUT2D eigenvalue weighted by Gasteiger charge is -2.10. The van der Waals surface area contributed by atoms with Gasteiger partial charge < -0.3 is 15.0 Å². The van der Waals surface area contributed by atoms with Crippen molar-refractivity contribution >= 4 is 11.9 Å². The highest BCUT2D eigenvalue weighted by Gasteiger charge is 2.03. The molecule has 0 aliphatic rings. The van der Waals surface area contributed by atoms with E-state index in [4.69, 9.17) is 4.74 Å². The van der Waals surface area contributed by atoms with E-state index in [0.29, 0.717) is 5.56 Å². The molecule has 0 fully saturated rings. The third-order valence-electron chi connectivity index (χ3n) is 3.82. The SMILES string of the molecule is COc1ccc(C=CC(=O)c2cccc(CNCCN(C)C)c2)cc1. The molecule has 1 N–H and O–H groups in total. The van der Waals surface area contributed by atoms with Crippen LogP contribution >= 0.6 is 0 Å². The number of carbonyl (C=O) groups is 1. The minimum Gasteiger partial charge on any atom is -0.497 e. The van der Waals surface area contributed by atoms with Gasteiger partial charge in [-0.25, -0.2) is 0 Å². The minimum atomic E-state index is 0.00552. The molecule has 2 aromatic carbocycles. The molecule has 132 valence electrons. The van der Waals surface area contributed by atoms with E-state index in [2.05, 4.69) is 24.3 Å². The van der Waals surface area contributed by atoms with Gasteiger partial charge in [-0.1, -0.05) is 36.4 Å². The fourth-order valence-electron chi connectivity index (χ4n) is 2.35. The molecule has 0 unspecified atom stereocenters. The Hall–Kier alpha value is -2.43. The minimum absolute atomic E-state index is 0.00552. The second-order valence-corrected chi connectivity index (χ2v) is 6.15. The molecule has 0 bridgehead atoms. The number of allylic oxidation sites excluding steroid dienone is 1. The van der Waals surface area contributed by atoms with E-state index in [9.17, 15) is 4.79 Å². The molecular weight excluding hydrogens is 312 g/mol. The highest BCUT2D eigenvalue weighted by Crippen LogP contribution is 2.13. The zero-order valence-electron chi connectivity index (χ0n) is 15.2. The van der Waals surface area contributed by atoms with Crippen LogP contribution in [0.1, 0.15) is 21.5 Å². The largest absolute Gasteiger partial charge is 0.497 e. The Kier molecular flexibility index (Phi) is 7.38. The lowest BCUT2D eigenvalue weighted by atomic mass is 10.1. The molecule has 0 saturated heterocycles. The maximum Gasteiger partial charge on any atom is 0.185 e. The molecule has 0 saturated carbocycles. The van der Waals surface area contributed by atoms with Gasteiger partial charge in [0.05, 0.1) is 7.11 Å². The normalized spacial score (nSPS) is 11.2. The van der Waals surface area contributed by atoms with Crippen molar-refractivity contribution in [2.75, 3.05) is 34.3 Å². The molecule has 0 aromatic heterocycles. The topological polar surface area (TPSA) is 41.6 Å². The quantitative estimate of drug-likeness (QED) is 0.433. The Balaban J connectivity index is 1.94. The van der Waals surface area contributed by atoms with Crippen molar-refractivity contribution in [3.05, 3.63) is 71.3 Å². The van der Waals surface area contributed by atoms with Crippen molar-refractivity contribution in [2.24, 2.45) is 0 Å². The third kappa shape index (κ3) is 6.53. The molecule has 0 aliphatic carbocycles. The highest BCUT2D eigenvalue weighted by molar-refractivity contribution is 6.06. The van der Waals surface area contributed by atoms with Crippen LogP contribution in [-0.2, 0) is 6.54 Å². The van der Waals surface area contributed by atoms with E-state index in [1.807, 2.05) is 54.6 Å². The van der Waals surface area contributed by atoms with E-state index in [1.54, 1.807) is 13.2 Å². The Morgan fingerprint density at radius 1 is 1.16 bits per heavy atom. The molecule has 0 heterocycles. The molecule has 0 amide bonds. The average Bonchev–Trinajstić information content (AvgIpc) is 2.64. The summed E-state index contributed by atoms with van der Waals surface area (Å²) in [5.41, 5.74) is 2.79. The summed E-state index contributed by atoms with van der Waals surface area (Å²) in [5, 5.41) is 3.38. The van der Waals surface area contributed by atoms with Gasteiger partial charge in [-0.15, -0.1) is 0 Å². The van der Waals surface area contributed by atoms with Gasteiger partial charge in [0, 0.05) is 25.2 Å². The fourth-order valence-corrected chi connectivity index (χ4v) is 2.35. The number of methoxy groups -OCH3 is 1. The summed E-state index contributed by atoms with van der Waals surface area (Å²) in [6.07, 6.45) is 3.43. The van der Waals surface area contributed by atoms with Crippen LogP contribution in [0.2, 0.25) is 0 Å². The van der Waals surface area contributed by atoms with Crippen molar-refractivity contribution in [1.82, 2.24) is 10.2 Å². The number of hydrogen-bond acceptors (Lipinski definition) is 4. The molecular formula is C21H26N2O2. The van der Waals surface area contributed by atoms with Gasteiger partial charge in [0.1, 0.15) is 5.75 Å². The van der Waals surface area contributed by atoms with Crippen LogP contribution in [0, 0.1) is 0 Å². The summed E-state index contributed by atoms with van der Waals surface area (Å²) in [5.74, 6) is 0.809. The number of carbonyl (C=O) groups excluding carboxylic acids is 1. The maximum absolute atomic E-state index is 12.4. The summed E-state index contributed by atoms with van der Waals surface area (Å²) in [7, 11) is 5.74. The van der Waals surface area contributed by atoms with E-state index in [1.165, 1.54) is 0 Å². The number of ether oxygens (including phenoxy) is 1. The Morgan fingerprint density at radius 3 is 2.60 bits per heavy atom. The first-order chi connectivity index (χ1) is 12.1. The zero-order chi connectivity index (χ0) is 18.1. The third-order valence-corrected chi connectivity index (χ3v) is 3.82. The summed E-state index contributed by atoms with van der Waals surface area (Å²) in [4.78, 5) is 14.5. The van der Waals surface area contributed by atoms with Crippen LogP contribution < -0.4 is 10.1 Å². The van der Waals surface area contributed by atoms with E-state index in [-0.39, 0.29) is 5.78 Å². The van der Waals surface area contributed by atoms with Crippen LogP contribution in [0.5, 0.6) is 5.75 Å². The first kappa shape index (κ1) is 18.9. The van der Waals surface area contributed by atoms with Gasteiger partial charge in [0.2, 0.25) is 0 Å². The van der Waals surface area contributed by atoms with Gasteiger partial charge in [-0.05, 0) is 49.5 Å². The monoisotopic (exact) mass is 338 g/mol. The molecule has 0 aliphatic heterocycles. The standard InChI is InChI=1S/C21H26N2O2/c1-23(2)14-13-22-16-18-5-4-6-19(15-18)21(24)12-9-17-7-10-20(25-3)11-8-17/h4-12,15,22H,13-14,16H2,1-3H3. The number of benzene rings is 2. The molecule has 4 heteroatoms. The number of nitrogens with one attached hydrogen (secondary N) is 1. The highest BCUT2D eigenvalue weighted by atomic mass is 16.5. The maximum atomic E-state index is 12.4. The fraction of sp³-hybridized carbons (Fsp3) is 0.286. The lowest BCUT2D eigenvalue weighted by Crippen LogP contribution is -2.26. The Morgan fingerprint density at radius 2 is 1.92 bits per heavy atom. The van der Waals surface area contributed by atoms with Gasteiger partial charge in [0.15, 0.2) is 5.78 Å². The van der Waals surface area contributed by atoms with Crippen LogP contribution in [0.15, 0.2) is 54.6 Å². The van der Waals surface area contributed by atoms with Crippen LogP contribution in [0.3, 0.4) is 0 Å². The summed E-state index contributed by atoms with van der Waals surface area (Å²) < 4.78 is 5.13. The van der Waals surface area contributed by atoms with Crippen molar-refractivity contribution in [1.29, 1.82) is 0 Å². The average molecular weight is 338 g/mol. The predicted molar refractivity (Wildman–Crippen MR) is 103 cm³/mol. The summed E-state index contributed by atoms with van der Waals surface area (Å²) >= 11 is 0. The van der Waals surface area contributed by atoms with Crippen LogP contribution in [-0.4, -0.2) is 45.0 Å². The van der Waals surface area contributed by atoms with E-state index < -0.39 is 0 Å². The Bertz CT molecular complexity index is 706. The molecule has 25 heavy (non-hydrogen) atoms. The van der Waals surface area contributed by atoms with Crippen LogP contribution in [0.25, 0.3) is 6.08 Å². The van der Waals surface area contributed by atoms with Gasteiger partial charge in [-0.2, -0.15) is 0 Å². The Labute approximate surface area is 150 Å². The van der Waals surface area contributed by atoms with Crippen molar-refractivity contribution < 1.29 is 9.53 Å². The van der Waals surface area contributed by atoms with E-state index in [0.717, 1.165) is 36.5 Å². The van der Waals surface area contributed by atoms with Gasteiger partial charge in [0.25, 0.3) is 0 Å².